The van der Waals surface area contributed by atoms with Crippen molar-refractivity contribution >= 4 is 5.82 Å². The van der Waals surface area contributed by atoms with Gasteiger partial charge in [0.15, 0.2) is 5.82 Å². The smallest absolute Gasteiger partial charge is 0.175 e. The molecule has 3 heteroatoms. The lowest BCUT2D eigenvalue weighted by Crippen LogP contribution is -1.97. The summed E-state index contributed by atoms with van der Waals surface area (Å²) in [5, 5.41) is 3.96. The second-order valence-corrected chi connectivity index (χ2v) is 5.92. The third-order valence-corrected chi connectivity index (χ3v) is 4.38. The number of nitrogens with zero attached hydrogens (tertiary/aromatic N) is 1. The van der Waals surface area contributed by atoms with Gasteiger partial charge in [0, 0.05) is 6.42 Å². The van der Waals surface area contributed by atoms with E-state index in [1.807, 2.05) is 0 Å². The number of nitrogens with two attached hydrogens (primary N) is 1. The van der Waals surface area contributed by atoms with Gasteiger partial charge >= 0.3 is 0 Å². The van der Waals surface area contributed by atoms with Gasteiger partial charge in [-0.3, -0.25) is 0 Å². The molecule has 1 aromatic carbocycles. The van der Waals surface area contributed by atoms with E-state index in [1.165, 1.54) is 37.7 Å². The fourth-order valence-corrected chi connectivity index (χ4v) is 3.17. The Morgan fingerprint density at radius 2 is 1.90 bits per heavy atom. The Morgan fingerprint density at radius 1 is 1.20 bits per heavy atom. The van der Waals surface area contributed by atoms with E-state index in [-0.39, 0.29) is 0 Å². The van der Waals surface area contributed by atoms with Crippen molar-refractivity contribution in [2.75, 3.05) is 5.73 Å². The zero-order chi connectivity index (χ0) is 13.9. The second kappa shape index (κ2) is 5.70. The maximum atomic E-state index is 5.99. The standard InChI is InChI=1S/C17H22N2O/c1-12-6-9-14(10-7-12)16-15(20-19-17(16)18)11-8-13-4-2-3-5-13/h6-7,9-10,13H,2-5,8,11H2,1H3,(H2,18,19). The first-order valence-corrected chi connectivity index (χ1v) is 7.55. The van der Waals surface area contributed by atoms with Crippen LogP contribution in [0.1, 0.15) is 43.4 Å². The van der Waals surface area contributed by atoms with Crippen LogP contribution in [0.3, 0.4) is 0 Å². The molecule has 0 amide bonds. The molecule has 20 heavy (non-hydrogen) atoms. The van der Waals surface area contributed by atoms with Gasteiger partial charge in [-0.25, -0.2) is 0 Å². The van der Waals surface area contributed by atoms with Crippen LogP contribution in [0.25, 0.3) is 11.1 Å². The van der Waals surface area contributed by atoms with Gasteiger partial charge in [-0.15, -0.1) is 0 Å². The quantitative estimate of drug-likeness (QED) is 0.898. The van der Waals surface area contributed by atoms with E-state index in [9.17, 15) is 0 Å². The Morgan fingerprint density at radius 3 is 2.60 bits per heavy atom. The van der Waals surface area contributed by atoms with Crippen molar-refractivity contribution in [1.82, 2.24) is 5.16 Å². The third kappa shape index (κ3) is 2.72. The predicted molar refractivity (Wildman–Crippen MR) is 81.4 cm³/mol. The van der Waals surface area contributed by atoms with Crippen LogP contribution in [-0.4, -0.2) is 5.16 Å². The van der Waals surface area contributed by atoms with Gasteiger partial charge in [0.2, 0.25) is 0 Å². The van der Waals surface area contributed by atoms with Crippen LogP contribution in [0.2, 0.25) is 0 Å². The fraction of sp³-hybridized carbons (Fsp3) is 0.471. The first kappa shape index (κ1) is 13.2. The van der Waals surface area contributed by atoms with E-state index < -0.39 is 0 Å². The van der Waals surface area contributed by atoms with Gasteiger partial charge in [-0.2, -0.15) is 0 Å². The number of rotatable bonds is 4. The lowest BCUT2D eigenvalue weighted by atomic mass is 9.97. The molecule has 0 aliphatic heterocycles. The molecule has 0 saturated heterocycles. The molecule has 1 aliphatic rings. The molecule has 1 heterocycles. The summed E-state index contributed by atoms with van der Waals surface area (Å²) < 4.78 is 5.46. The molecule has 2 N–H and O–H groups in total. The molecule has 1 aliphatic carbocycles. The van der Waals surface area contributed by atoms with Crippen molar-refractivity contribution in [3.63, 3.8) is 0 Å². The highest BCUT2D eigenvalue weighted by molar-refractivity contribution is 5.75. The highest BCUT2D eigenvalue weighted by Gasteiger charge is 2.19. The number of nitrogen functional groups attached to an aromatic ring is 1. The van der Waals surface area contributed by atoms with Crippen molar-refractivity contribution in [2.24, 2.45) is 5.92 Å². The van der Waals surface area contributed by atoms with Gasteiger partial charge in [0.05, 0.1) is 5.56 Å². The van der Waals surface area contributed by atoms with E-state index >= 15 is 0 Å². The molecule has 1 saturated carbocycles. The Kier molecular flexibility index (Phi) is 3.77. The van der Waals surface area contributed by atoms with E-state index in [0.717, 1.165) is 29.2 Å². The van der Waals surface area contributed by atoms with Crippen LogP contribution in [0.15, 0.2) is 28.8 Å². The molecule has 0 bridgehead atoms. The average molecular weight is 270 g/mol. The molecule has 3 nitrogen and oxygen atoms in total. The van der Waals surface area contributed by atoms with Crippen LogP contribution in [0.4, 0.5) is 5.82 Å². The molecule has 2 aromatic rings. The summed E-state index contributed by atoms with van der Waals surface area (Å²) in [5.74, 6) is 2.31. The van der Waals surface area contributed by atoms with Gasteiger partial charge in [-0.05, 0) is 24.8 Å². The van der Waals surface area contributed by atoms with Gasteiger partial charge in [0.1, 0.15) is 5.76 Å². The largest absolute Gasteiger partial charge is 0.380 e. The summed E-state index contributed by atoms with van der Waals surface area (Å²) in [5.41, 5.74) is 9.33. The van der Waals surface area contributed by atoms with Crippen molar-refractivity contribution in [1.29, 1.82) is 0 Å². The lowest BCUT2D eigenvalue weighted by Gasteiger charge is -2.08. The van der Waals surface area contributed by atoms with E-state index in [2.05, 4.69) is 36.3 Å². The maximum absolute atomic E-state index is 5.99. The molecular formula is C17H22N2O. The molecule has 1 aromatic heterocycles. The Labute approximate surface area is 120 Å². The molecule has 1 fully saturated rings. The number of benzene rings is 1. The summed E-state index contributed by atoms with van der Waals surface area (Å²) in [6.07, 6.45) is 7.63. The monoisotopic (exact) mass is 270 g/mol. The summed E-state index contributed by atoms with van der Waals surface area (Å²) in [7, 11) is 0. The van der Waals surface area contributed by atoms with Crippen molar-refractivity contribution < 1.29 is 4.52 Å². The van der Waals surface area contributed by atoms with Gasteiger partial charge < -0.3 is 10.3 Å². The lowest BCUT2D eigenvalue weighted by molar-refractivity contribution is 0.370. The Balaban J connectivity index is 1.79. The summed E-state index contributed by atoms with van der Waals surface area (Å²) in [4.78, 5) is 0. The summed E-state index contributed by atoms with van der Waals surface area (Å²) in [6, 6.07) is 8.39. The SMILES string of the molecule is Cc1ccc(-c2c(N)noc2CCC2CCCC2)cc1. The zero-order valence-electron chi connectivity index (χ0n) is 12.1. The molecule has 0 spiro atoms. The highest BCUT2D eigenvalue weighted by atomic mass is 16.5. The molecule has 0 radical (unpaired) electrons. The van der Waals surface area contributed by atoms with Crippen molar-refractivity contribution in [2.45, 2.75) is 45.4 Å². The third-order valence-electron chi connectivity index (χ3n) is 4.38. The Hall–Kier alpha value is -1.77. The molecular weight excluding hydrogens is 248 g/mol. The van der Waals surface area contributed by atoms with Gasteiger partial charge in [-0.1, -0.05) is 60.7 Å². The van der Waals surface area contributed by atoms with Crippen LogP contribution < -0.4 is 5.73 Å². The van der Waals surface area contributed by atoms with Crippen LogP contribution >= 0.6 is 0 Å². The number of aryl methyl sites for hydroxylation is 2. The Bertz CT molecular complexity index is 565. The molecule has 0 atom stereocenters. The fourth-order valence-electron chi connectivity index (χ4n) is 3.17. The zero-order valence-corrected chi connectivity index (χ0v) is 12.1. The minimum atomic E-state index is 0.510. The van der Waals surface area contributed by atoms with Crippen molar-refractivity contribution in [3.05, 3.63) is 35.6 Å². The predicted octanol–water partition coefficient (Wildman–Crippen LogP) is 4.36. The number of hydrogen-bond donors (Lipinski definition) is 1. The normalized spacial score (nSPS) is 15.8. The van der Waals surface area contributed by atoms with Crippen LogP contribution in [-0.2, 0) is 6.42 Å². The molecule has 3 rings (SSSR count). The van der Waals surface area contributed by atoms with E-state index in [0.29, 0.717) is 5.82 Å². The topological polar surface area (TPSA) is 52.0 Å². The first-order chi connectivity index (χ1) is 9.74. The number of anilines is 1. The minimum Gasteiger partial charge on any atom is -0.380 e. The summed E-state index contributed by atoms with van der Waals surface area (Å²) in [6.45, 7) is 2.09. The average Bonchev–Trinajstić information content (AvgIpc) is 3.07. The van der Waals surface area contributed by atoms with E-state index in [4.69, 9.17) is 10.3 Å². The highest BCUT2D eigenvalue weighted by Crippen LogP contribution is 2.33. The number of hydrogen-bond acceptors (Lipinski definition) is 3. The van der Waals surface area contributed by atoms with Gasteiger partial charge in [0.25, 0.3) is 0 Å². The molecule has 106 valence electrons. The second-order valence-electron chi connectivity index (χ2n) is 5.92. The molecule has 0 unspecified atom stereocenters. The first-order valence-electron chi connectivity index (χ1n) is 7.55. The van der Waals surface area contributed by atoms with Crippen LogP contribution in [0.5, 0.6) is 0 Å². The number of aromatic nitrogens is 1. The van der Waals surface area contributed by atoms with Crippen LogP contribution in [0, 0.1) is 12.8 Å². The van der Waals surface area contributed by atoms with E-state index in [1.54, 1.807) is 0 Å². The van der Waals surface area contributed by atoms with Crippen molar-refractivity contribution in [3.8, 4) is 11.1 Å². The maximum Gasteiger partial charge on any atom is 0.175 e. The minimum absolute atomic E-state index is 0.510. The summed E-state index contributed by atoms with van der Waals surface area (Å²) >= 11 is 0.